The monoisotopic (exact) mass is 847 g/mol. The highest BCUT2D eigenvalue weighted by molar-refractivity contribution is 5.71. The quantitative estimate of drug-likeness (QED) is 0.0263. The second kappa shape index (κ2) is 49.8. The van der Waals surface area contributed by atoms with E-state index < -0.39 is 6.10 Å². The number of carbonyl (C=O) groups is 3. The molecule has 0 heterocycles. The molecule has 0 aromatic heterocycles. The zero-order chi connectivity index (χ0) is 43.7. The number of hydrogen-bond acceptors (Lipinski definition) is 6. The molecule has 0 rings (SSSR count). The minimum Gasteiger partial charge on any atom is -0.462 e. The zero-order valence-corrected chi connectivity index (χ0v) is 40.5. The van der Waals surface area contributed by atoms with Crippen LogP contribution in [0.3, 0.4) is 0 Å². The summed E-state index contributed by atoms with van der Waals surface area (Å²) in [5.41, 5.74) is 0. The second-order valence-corrected chi connectivity index (χ2v) is 18.2. The first-order chi connectivity index (χ1) is 29.5. The highest BCUT2D eigenvalue weighted by Gasteiger charge is 2.19. The molecule has 6 heteroatoms. The maximum absolute atomic E-state index is 12.7. The summed E-state index contributed by atoms with van der Waals surface area (Å²) in [7, 11) is 0. The minimum absolute atomic E-state index is 0.0695. The van der Waals surface area contributed by atoms with E-state index in [2.05, 4.69) is 32.9 Å². The average molecular weight is 847 g/mol. The summed E-state index contributed by atoms with van der Waals surface area (Å²) in [5, 5.41) is 0. The van der Waals surface area contributed by atoms with E-state index in [4.69, 9.17) is 14.2 Å². The molecule has 0 amide bonds. The molecular weight excluding hydrogens is 745 g/mol. The van der Waals surface area contributed by atoms with E-state index in [1.54, 1.807) is 0 Å². The Morgan fingerprint density at radius 1 is 0.317 bits per heavy atom. The molecule has 1 atom stereocenters. The predicted octanol–water partition coefficient (Wildman–Crippen LogP) is 17.4. The molecule has 0 bridgehead atoms. The van der Waals surface area contributed by atoms with Gasteiger partial charge in [-0.3, -0.25) is 14.4 Å². The molecule has 354 valence electrons. The summed E-state index contributed by atoms with van der Waals surface area (Å²) >= 11 is 0. The van der Waals surface area contributed by atoms with Crippen LogP contribution in [0.1, 0.15) is 297 Å². The van der Waals surface area contributed by atoms with E-state index in [-0.39, 0.29) is 31.1 Å². The van der Waals surface area contributed by atoms with Gasteiger partial charge in [0.25, 0.3) is 0 Å². The predicted molar refractivity (Wildman–Crippen MR) is 256 cm³/mol. The van der Waals surface area contributed by atoms with Gasteiger partial charge in [-0.25, -0.2) is 0 Å². The van der Waals surface area contributed by atoms with Crippen molar-refractivity contribution in [2.24, 2.45) is 0 Å². The van der Waals surface area contributed by atoms with Gasteiger partial charge in [0.05, 0.1) is 0 Å². The van der Waals surface area contributed by atoms with Gasteiger partial charge in [-0.05, 0) is 44.9 Å². The summed E-state index contributed by atoms with van der Waals surface area (Å²) in [5.74, 6) is -0.877. The number of rotatable bonds is 49. The van der Waals surface area contributed by atoms with Crippen molar-refractivity contribution in [1.82, 2.24) is 0 Å². The van der Waals surface area contributed by atoms with Crippen molar-refractivity contribution in [2.75, 3.05) is 13.2 Å². The molecule has 0 aliphatic carbocycles. The largest absolute Gasteiger partial charge is 0.462 e. The Hall–Kier alpha value is -1.85. The van der Waals surface area contributed by atoms with E-state index in [1.165, 1.54) is 186 Å². The van der Waals surface area contributed by atoms with Crippen LogP contribution < -0.4 is 0 Å². The molecule has 0 spiro atoms. The first-order valence-electron chi connectivity index (χ1n) is 26.7. The summed E-state index contributed by atoms with van der Waals surface area (Å²) in [6.07, 6.45) is 55.3. The highest BCUT2D eigenvalue weighted by Crippen LogP contribution is 2.17. The Bertz CT molecular complexity index is 931. The lowest BCUT2D eigenvalue weighted by Gasteiger charge is -2.18. The Labute approximate surface area is 373 Å². The molecule has 0 aromatic carbocycles. The number of esters is 3. The third-order valence-electron chi connectivity index (χ3n) is 12.0. The van der Waals surface area contributed by atoms with Crippen LogP contribution in [-0.2, 0) is 28.6 Å². The number of ether oxygens (including phenoxy) is 3. The fourth-order valence-electron chi connectivity index (χ4n) is 7.97. The van der Waals surface area contributed by atoms with Crippen LogP contribution >= 0.6 is 0 Å². The Morgan fingerprint density at radius 2 is 0.550 bits per heavy atom. The Morgan fingerprint density at radius 3 is 0.833 bits per heavy atom. The third-order valence-corrected chi connectivity index (χ3v) is 12.0. The first kappa shape index (κ1) is 58.1. The van der Waals surface area contributed by atoms with Gasteiger partial charge in [-0.2, -0.15) is 0 Å². The SMILES string of the molecule is CCCCCCC/C=C\CCCCCCCC(=O)OC(COC(=O)CCCCCCC)COC(=O)CCCCCCCCCCCCCCCCCCCCCCCCC. The van der Waals surface area contributed by atoms with Crippen LogP contribution in [0.15, 0.2) is 12.2 Å². The first-order valence-corrected chi connectivity index (χ1v) is 26.7. The summed E-state index contributed by atoms with van der Waals surface area (Å²) < 4.78 is 16.7. The van der Waals surface area contributed by atoms with Gasteiger partial charge in [-0.15, -0.1) is 0 Å². The summed E-state index contributed by atoms with van der Waals surface area (Å²) in [4.78, 5) is 37.6. The molecule has 0 aromatic rings. The Kier molecular flexibility index (Phi) is 48.3. The molecule has 0 saturated heterocycles. The van der Waals surface area contributed by atoms with Crippen molar-refractivity contribution >= 4 is 17.9 Å². The van der Waals surface area contributed by atoms with E-state index in [0.717, 1.165) is 70.6 Å². The smallest absolute Gasteiger partial charge is 0.306 e. The van der Waals surface area contributed by atoms with Crippen LogP contribution in [-0.4, -0.2) is 37.2 Å². The zero-order valence-electron chi connectivity index (χ0n) is 40.5. The summed E-state index contributed by atoms with van der Waals surface area (Å²) in [6, 6.07) is 0. The lowest BCUT2D eigenvalue weighted by Crippen LogP contribution is -2.30. The van der Waals surface area contributed by atoms with Gasteiger partial charge in [0.1, 0.15) is 13.2 Å². The van der Waals surface area contributed by atoms with Gasteiger partial charge in [0, 0.05) is 19.3 Å². The minimum atomic E-state index is -0.765. The van der Waals surface area contributed by atoms with E-state index in [1.807, 2.05) is 0 Å². The molecule has 1 unspecified atom stereocenters. The standard InChI is InChI=1S/C54H102O6/c1-4-7-10-13-15-17-19-21-23-24-25-26-27-28-29-30-31-33-34-36-38-41-44-47-53(56)59-50-51(49-58-52(55)46-43-40-12-9-6-3)60-54(57)48-45-42-39-37-35-32-22-20-18-16-14-11-8-5-2/h20,22,51H,4-19,21,23-50H2,1-3H3/b22-20-. The van der Waals surface area contributed by atoms with Gasteiger partial charge in [0.15, 0.2) is 6.10 Å². The van der Waals surface area contributed by atoms with Gasteiger partial charge in [0.2, 0.25) is 0 Å². The number of carbonyl (C=O) groups excluding carboxylic acids is 3. The number of hydrogen-bond donors (Lipinski definition) is 0. The van der Waals surface area contributed by atoms with Crippen LogP contribution in [0.25, 0.3) is 0 Å². The average Bonchev–Trinajstić information content (AvgIpc) is 3.24. The van der Waals surface area contributed by atoms with Crippen molar-refractivity contribution in [1.29, 1.82) is 0 Å². The molecule has 6 nitrogen and oxygen atoms in total. The van der Waals surface area contributed by atoms with Crippen LogP contribution in [0.2, 0.25) is 0 Å². The maximum atomic E-state index is 12.7. The fraction of sp³-hybridized carbons (Fsp3) is 0.907. The van der Waals surface area contributed by atoms with E-state index in [0.29, 0.717) is 19.3 Å². The Balaban J connectivity index is 4.03. The number of allylic oxidation sites excluding steroid dienone is 2. The molecule has 0 aliphatic rings. The molecule has 0 saturated carbocycles. The lowest BCUT2D eigenvalue weighted by molar-refractivity contribution is -0.167. The fourth-order valence-corrected chi connectivity index (χ4v) is 7.97. The van der Waals surface area contributed by atoms with E-state index >= 15 is 0 Å². The second-order valence-electron chi connectivity index (χ2n) is 18.2. The summed E-state index contributed by atoms with van der Waals surface area (Å²) in [6.45, 7) is 6.58. The molecule has 0 radical (unpaired) electrons. The van der Waals surface area contributed by atoms with Crippen LogP contribution in [0.5, 0.6) is 0 Å². The van der Waals surface area contributed by atoms with Crippen molar-refractivity contribution in [3.8, 4) is 0 Å². The topological polar surface area (TPSA) is 78.9 Å². The highest BCUT2D eigenvalue weighted by atomic mass is 16.6. The van der Waals surface area contributed by atoms with Gasteiger partial charge < -0.3 is 14.2 Å². The van der Waals surface area contributed by atoms with Crippen molar-refractivity contribution < 1.29 is 28.6 Å². The maximum Gasteiger partial charge on any atom is 0.306 e. The van der Waals surface area contributed by atoms with Gasteiger partial charge in [-0.1, -0.05) is 245 Å². The van der Waals surface area contributed by atoms with Crippen LogP contribution in [0, 0.1) is 0 Å². The van der Waals surface area contributed by atoms with Crippen molar-refractivity contribution in [2.45, 2.75) is 303 Å². The molecule has 0 N–H and O–H groups in total. The number of unbranched alkanes of at least 4 members (excludes halogenated alkanes) is 36. The third kappa shape index (κ3) is 47.2. The van der Waals surface area contributed by atoms with Gasteiger partial charge >= 0.3 is 17.9 Å². The van der Waals surface area contributed by atoms with E-state index in [9.17, 15) is 14.4 Å². The van der Waals surface area contributed by atoms with Crippen molar-refractivity contribution in [3.63, 3.8) is 0 Å². The van der Waals surface area contributed by atoms with Crippen molar-refractivity contribution in [3.05, 3.63) is 12.2 Å². The molecule has 0 fully saturated rings. The molecule has 60 heavy (non-hydrogen) atoms. The lowest BCUT2D eigenvalue weighted by atomic mass is 10.0. The normalized spacial score (nSPS) is 12.0. The molecule has 0 aliphatic heterocycles. The molecular formula is C54H102O6. The van der Waals surface area contributed by atoms with Crippen LogP contribution in [0.4, 0.5) is 0 Å².